The van der Waals surface area contributed by atoms with Gasteiger partial charge in [0.05, 0.1) is 32.0 Å². The molecule has 0 unspecified atom stereocenters. The van der Waals surface area contributed by atoms with Crippen LogP contribution in [0.15, 0.2) is 24.3 Å². The fourth-order valence-electron chi connectivity index (χ4n) is 5.66. The van der Waals surface area contributed by atoms with Gasteiger partial charge in [0.1, 0.15) is 5.75 Å². The van der Waals surface area contributed by atoms with Crippen LogP contribution in [0.2, 0.25) is 0 Å². The molecule has 3 aliphatic heterocycles. The highest BCUT2D eigenvalue weighted by atomic mass is 19.3. The maximum Gasteiger partial charge on any atom is 0.394 e. The average molecular weight is 628 g/mol. The number of anilines is 1. The number of aromatic nitrogens is 2. The summed E-state index contributed by atoms with van der Waals surface area (Å²) in [6.45, 7) is 4.13. The van der Waals surface area contributed by atoms with Gasteiger partial charge in [-0.25, -0.2) is 0 Å². The summed E-state index contributed by atoms with van der Waals surface area (Å²) in [7, 11) is 4.99. The number of piperidine rings is 1. The van der Waals surface area contributed by atoms with Crippen LogP contribution in [0.25, 0.3) is 0 Å². The molecule has 0 saturated carbocycles. The number of amides is 1. The molecule has 1 amide bonds. The number of nitrogens with one attached hydrogen (secondary N) is 1. The summed E-state index contributed by atoms with van der Waals surface area (Å²) in [5, 5.41) is 7.78. The van der Waals surface area contributed by atoms with Crippen LogP contribution in [0.4, 0.5) is 14.6 Å². The molecule has 5 rings (SSSR count). The van der Waals surface area contributed by atoms with E-state index in [-0.39, 0.29) is 32.8 Å². The number of alkyl halides is 2. The molecule has 11 nitrogen and oxygen atoms in total. The van der Waals surface area contributed by atoms with E-state index in [2.05, 4.69) is 15.2 Å². The third-order valence-electron chi connectivity index (χ3n) is 8.08. The molecule has 3 N–H and O–H groups in total. The Hall–Kier alpha value is -3.00. The molecule has 1 aromatic heterocycles. The van der Waals surface area contributed by atoms with Crippen molar-refractivity contribution in [1.29, 1.82) is 0 Å². The molecule has 3 atom stereocenters. The summed E-state index contributed by atoms with van der Waals surface area (Å²) >= 11 is 0. The van der Waals surface area contributed by atoms with Crippen LogP contribution in [0.5, 0.6) is 11.5 Å². The van der Waals surface area contributed by atoms with Crippen molar-refractivity contribution in [2.75, 3.05) is 52.4 Å². The fraction of sp³-hybridized carbons (Fsp3) is 0.677. The van der Waals surface area contributed by atoms with E-state index in [0.717, 1.165) is 63.7 Å². The van der Waals surface area contributed by atoms with Crippen molar-refractivity contribution in [3.8, 4) is 11.5 Å². The number of likely N-dealkylation sites (tertiary alicyclic amines) is 1. The topological polar surface area (TPSA) is 122 Å². The number of rotatable bonds is 9. The smallest absolute Gasteiger partial charge is 0.394 e. The van der Waals surface area contributed by atoms with Gasteiger partial charge in [-0.05, 0) is 62.6 Å². The third-order valence-corrected chi connectivity index (χ3v) is 8.08. The van der Waals surface area contributed by atoms with E-state index >= 15 is 0 Å². The van der Waals surface area contributed by atoms with Gasteiger partial charge in [0.25, 0.3) is 5.91 Å². The molecule has 3 fully saturated rings. The number of aryl methyl sites for hydroxylation is 1. The number of nitrogens with zero attached hydrogens (tertiary/aromatic N) is 3. The molecular formula is C31H51F2N5O6. The molecule has 44 heavy (non-hydrogen) atoms. The lowest BCUT2D eigenvalue weighted by Gasteiger charge is -2.31. The molecule has 250 valence electrons. The Balaban J connectivity index is 0.000000644. The molecule has 3 aliphatic rings. The highest BCUT2D eigenvalue weighted by molar-refractivity contribution is 5.97. The molecule has 1 aromatic carbocycles. The highest BCUT2D eigenvalue weighted by Crippen LogP contribution is 2.34. The van der Waals surface area contributed by atoms with Crippen LogP contribution in [-0.2, 0) is 21.3 Å². The predicted molar refractivity (Wildman–Crippen MR) is 166 cm³/mol. The van der Waals surface area contributed by atoms with E-state index in [9.17, 15) is 13.6 Å². The van der Waals surface area contributed by atoms with Crippen LogP contribution < -0.4 is 20.5 Å². The zero-order chi connectivity index (χ0) is 31.7. The maximum atomic E-state index is 13.2. The Morgan fingerprint density at radius 2 is 1.86 bits per heavy atom. The lowest BCUT2D eigenvalue weighted by atomic mass is 9.98. The summed E-state index contributed by atoms with van der Waals surface area (Å²) in [6, 6.07) is 6.71. The van der Waals surface area contributed by atoms with Gasteiger partial charge in [0.15, 0.2) is 17.3 Å². The highest BCUT2D eigenvalue weighted by Gasteiger charge is 2.31. The molecule has 3 saturated heterocycles. The number of carbonyl (C=O) groups is 1. The molecule has 0 bridgehead atoms. The number of carbonyl (C=O) groups excluding carboxylic acids is 1. The summed E-state index contributed by atoms with van der Waals surface area (Å²) < 4.78 is 54.4. The Labute approximate surface area is 261 Å². The van der Waals surface area contributed by atoms with Gasteiger partial charge in [-0.2, -0.15) is 13.9 Å². The van der Waals surface area contributed by atoms with E-state index in [1.165, 1.54) is 19.2 Å². The zero-order valence-corrected chi connectivity index (χ0v) is 26.2. The average Bonchev–Trinajstić information content (AvgIpc) is 3.35. The summed E-state index contributed by atoms with van der Waals surface area (Å²) in [5.41, 5.74) is 7.29. The quantitative estimate of drug-likeness (QED) is 0.395. The third kappa shape index (κ3) is 9.50. The van der Waals surface area contributed by atoms with Gasteiger partial charge in [0.2, 0.25) is 0 Å². The van der Waals surface area contributed by atoms with E-state index < -0.39 is 6.11 Å². The number of nitrogens with two attached hydrogens (primary N) is 1. The standard InChI is InChI=1S/C25H35F2N5O4.C6H12O2.2H2/c1-25(26,27)36-18-9-7-16(8-10-18)20-6-4-5-19(35-20)15-29-23-22(34-3)21(31(2)30-23)24(33)32-13-11-17(28)12-14-32;1-7-6-3-2-4-8-5-6;;/h7-10,17,19-20H,4-6,11-15,28H2,1-3H3,(H,29,30);6H,2-5H2,1H3;2*1H/t19-,20+;6-;;/m11../s1. The number of halogens is 2. The zero-order valence-electron chi connectivity index (χ0n) is 26.2. The summed E-state index contributed by atoms with van der Waals surface area (Å²) in [4.78, 5) is 15.0. The number of hydrogen-bond donors (Lipinski definition) is 2. The van der Waals surface area contributed by atoms with Crippen molar-refractivity contribution in [3.05, 3.63) is 35.5 Å². The number of hydrogen-bond acceptors (Lipinski definition) is 9. The lowest BCUT2D eigenvalue weighted by molar-refractivity contribution is -0.158. The molecule has 0 radical (unpaired) electrons. The largest absolute Gasteiger partial charge is 0.491 e. The van der Waals surface area contributed by atoms with Gasteiger partial charge in [0, 0.05) is 56.2 Å². The second kappa shape index (κ2) is 15.8. The van der Waals surface area contributed by atoms with Gasteiger partial charge < -0.3 is 39.6 Å². The molecule has 0 aliphatic carbocycles. The van der Waals surface area contributed by atoms with Crippen molar-refractivity contribution in [1.82, 2.24) is 14.7 Å². The molecule has 0 spiro atoms. The SMILES string of the molecule is CO[C@@H]1CCCOC1.COc1c(NC[C@H]2CCC[C@@H](c3ccc(OC(C)(F)F)cc3)O2)nn(C)c1C(=O)N1CCC(N)CC1.[HH].[HH]. The molecular weight excluding hydrogens is 576 g/mol. The van der Waals surface area contributed by atoms with Gasteiger partial charge in [-0.3, -0.25) is 9.48 Å². The normalized spacial score (nSPS) is 23.0. The van der Waals surface area contributed by atoms with Crippen molar-refractivity contribution in [2.24, 2.45) is 12.8 Å². The van der Waals surface area contributed by atoms with Crippen LogP contribution in [0.1, 0.15) is 76.9 Å². The van der Waals surface area contributed by atoms with Gasteiger partial charge in [-0.1, -0.05) is 12.1 Å². The first-order valence-corrected chi connectivity index (χ1v) is 15.4. The number of benzene rings is 1. The minimum atomic E-state index is -3.22. The molecule has 2 aromatic rings. The Kier molecular flexibility index (Phi) is 12.2. The second-order valence-corrected chi connectivity index (χ2v) is 11.6. The molecule has 4 heterocycles. The Bertz CT molecular complexity index is 1190. The van der Waals surface area contributed by atoms with Crippen molar-refractivity contribution in [3.63, 3.8) is 0 Å². The van der Waals surface area contributed by atoms with Crippen molar-refractivity contribution in [2.45, 2.75) is 82.3 Å². The minimum absolute atomic E-state index is 0. The summed E-state index contributed by atoms with van der Waals surface area (Å²) in [5.74, 6) is 0.891. The van der Waals surface area contributed by atoms with Crippen molar-refractivity contribution < 1.29 is 40.1 Å². The second-order valence-electron chi connectivity index (χ2n) is 11.6. The van der Waals surface area contributed by atoms with Crippen LogP contribution in [0.3, 0.4) is 0 Å². The van der Waals surface area contributed by atoms with E-state index in [0.29, 0.717) is 49.9 Å². The number of methoxy groups -OCH3 is 2. The van der Waals surface area contributed by atoms with E-state index in [4.69, 9.17) is 24.7 Å². The Morgan fingerprint density at radius 3 is 2.45 bits per heavy atom. The molecule has 13 heteroatoms. The monoisotopic (exact) mass is 627 g/mol. The fourth-order valence-corrected chi connectivity index (χ4v) is 5.66. The minimum Gasteiger partial charge on any atom is -0.491 e. The van der Waals surface area contributed by atoms with Crippen LogP contribution in [0, 0.1) is 0 Å². The van der Waals surface area contributed by atoms with Gasteiger partial charge >= 0.3 is 6.11 Å². The summed E-state index contributed by atoms with van der Waals surface area (Å²) in [6.07, 6.45) is 3.44. The van der Waals surface area contributed by atoms with Crippen LogP contribution >= 0.6 is 0 Å². The van der Waals surface area contributed by atoms with Gasteiger partial charge in [-0.15, -0.1) is 0 Å². The first-order chi connectivity index (χ1) is 21.1. The maximum absolute atomic E-state index is 13.2. The first kappa shape index (κ1) is 33.9. The Morgan fingerprint density at radius 1 is 1.14 bits per heavy atom. The number of ether oxygens (including phenoxy) is 5. The van der Waals surface area contributed by atoms with E-state index in [1.54, 1.807) is 35.9 Å². The predicted octanol–water partition coefficient (Wildman–Crippen LogP) is 5.01. The van der Waals surface area contributed by atoms with Crippen molar-refractivity contribution >= 4 is 11.7 Å². The van der Waals surface area contributed by atoms with E-state index in [1.807, 2.05) is 0 Å². The first-order valence-electron chi connectivity index (χ1n) is 15.4. The van der Waals surface area contributed by atoms with Crippen LogP contribution in [-0.4, -0.2) is 92.0 Å². The lowest BCUT2D eigenvalue weighted by Crippen LogP contribution is -2.43.